The van der Waals surface area contributed by atoms with Gasteiger partial charge < -0.3 is 10.1 Å². The summed E-state index contributed by atoms with van der Waals surface area (Å²) < 4.78 is 4.97. The molecule has 2 atom stereocenters. The van der Waals surface area contributed by atoms with E-state index in [1.54, 1.807) is 27.7 Å². The molecule has 1 heterocycles. The number of amides is 2. The van der Waals surface area contributed by atoms with E-state index in [0.717, 1.165) is 0 Å². The van der Waals surface area contributed by atoms with Crippen molar-refractivity contribution in [1.29, 1.82) is 0 Å². The van der Waals surface area contributed by atoms with Gasteiger partial charge in [0.1, 0.15) is 11.6 Å². The highest BCUT2D eigenvalue weighted by Gasteiger charge is 2.45. The fraction of sp³-hybridized carbons (Fsp3) is 0.778. The number of alkyl carbamates (subject to hydrolysis) is 1. The molecule has 0 aromatic heterocycles. The highest BCUT2D eigenvalue weighted by Crippen LogP contribution is 2.17. The second-order valence-electron chi connectivity index (χ2n) is 4.55. The van der Waals surface area contributed by atoms with Crippen LogP contribution in [0.15, 0.2) is 0 Å². The van der Waals surface area contributed by atoms with Gasteiger partial charge in [-0.2, -0.15) is 0 Å². The van der Waals surface area contributed by atoms with Crippen molar-refractivity contribution in [3.63, 3.8) is 0 Å². The first kappa shape index (κ1) is 11.8. The summed E-state index contributed by atoms with van der Waals surface area (Å²) in [6.45, 7) is 6.83. The average molecular weight is 216 g/mol. The van der Waals surface area contributed by atoms with Gasteiger partial charge in [0.25, 0.3) is 5.91 Å². The summed E-state index contributed by atoms with van der Waals surface area (Å²) in [5.74, 6) is -0.520. The van der Waals surface area contributed by atoms with Crippen molar-refractivity contribution in [2.24, 2.45) is 0 Å². The van der Waals surface area contributed by atoms with Crippen molar-refractivity contribution in [2.45, 2.75) is 45.4 Å². The molecule has 1 unspecified atom stereocenters. The predicted octanol–water partition coefficient (Wildman–Crippen LogP) is 0.500. The Morgan fingerprint density at radius 1 is 1.53 bits per heavy atom. The number of hydroxylamine groups is 2. The average Bonchev–Trinajstić information content (AvgIpc) is 2.09. The third-order valence-corrected chi connectivity index (χ3v) is 2.03. The molecule has 0 aliphatic carbocycles. The van der Waals surface area contributed by atoms with Crippen LogP contribution < -0.4 is 5.32 Å². The molecule has 0 aromatic rings. The maximum Gasteiger partial charge on any atom is 0.408 e. The standard InChI is InChI=1S/C9H16N2O4/c1-5-6(7(12)11(5)14)10-8(13)15-9(2,3)4/h5-6,14H,1-4H3,(H,10,13)/t5?,6-/m0/s1. The predicted molar refractivity (Wildman–Crippen MR) is 51.3 cm³/mol. The minimum Gasteiger partial charge on any atom is -0.444 e. The van der Waals surface area contributed by atoms with Crippen LogP contribution in [0.1, 0.15) is 27.7 Å². The van der Waals surface area contributed by atoms with Gasteiger partial charge in [-0.05, 0) is 27.7 Å². The van der Waals surface area contributed by atoms with Crippen molar-refractivity contribution in [3.05, 3.63) is 0 Å². The summed E-state index contributed by atoms with van der Waals surface area (Å²) in [5, 5.41) is 12.0. The largest absolute Gasteiger partial charge is 0.444 e. The normalized spacial score (nSPS) is 25.9. The van der Waals surface area contributed by atoms with Crippen LogP contribution >= 0.6 is 0 Å². The van der Waals surface area contributed by atoms with Gasteiger partial charge in [-0.15, -0.1) is 0 Å². The molecule has 6 nitrogen and oxygen atoms in total. The molecular weight excluding hydrogens is 200 g/mol. The quantitative estimate of drug-likeness (QED) is 0.494. The maximum absolute atomic E-state index is 11.3. The SMILES string of the molecule is CC1[C@H](NC(=O)OC(C)(C)C)C(=O)N1O. The Labute approximate surface area is 88.1 Å². The molecule has 1 aliphatic rings. The van der Waals surface area contributed by atoms with E-state index in [4.69, 9.17) is 9.94 Å². The Morgan fingerprint density at radius 3 is 2.47 bits per heavy atom. The fourth-order valence-corrected chi connectivity index (χ4v) is 1.23. The highest BCUT2D eigenvalue weighted by atomic mass is 16.6. The first-order valence-corrected chi connectivity index (χ1v) is 4.74. The van der Waals surface area contributed by atoms with Crippen LogP contribution in [-0.4, -0.2) is 40.0 Å². The Morgan fingerprint density at radius 2 is 2.07 bits per heavy atom. The number of carbonyl (C=O) groups is 2. The molecule has 0 spiro atoms. The number of hydrogen-bond acceptors (Lipinski definition) is 4. The van der Waals surface area contributed by atoms with Crippen LogP contribution in [0.25, 0.3) is 0 Å². The van der Waals surface area contributed by atoms with Gasteiger partial charge in [0.2, 0.25) is 0 Å². The molecule has 0 saturated carbocycles. The summed E-state index contributed by atoms with van der Waals surface area (Å²) in [5.41, 5.74) is -0.598. The van der Waals surface area contributed by atoms with E-state index in [2.05, 4.69) is 5.32 Å². The molecule has 6 heteroatoms. The lowest BCUT2D eigenvalue weighted by Crippen LogP contribution is -2.68. The van der Waals surface area contributed by atoms with Crippen molar-refractivity contribution >= 4 is 12.0 Å². The van der Waals surface area contributed by atoms with Crippen LogP contribution in [0, 0.1) is 0 Å². The Hall–Kier alpha value is -1.30. The van der Waals surface area contributed by atoms with Gasteiger partial charge in [-0.1, -0.05) is 0 Å². The van der Waals surface area contributed by atoms with Gasteiger partial charge in [0.15, 0.2) is 0 Å². The second kappa shape index (κ2) is 3.69. The first-order chi connectivity index (χ1) is 6.72. The van der Waals surface area contributed by atoms with Crippen molar-refractivity contribution in [1.82, 2.24) is 10.4 Å². The molecule has 1 fully saturated rings. The fourth-order valence-electron chi connectivity index (χ4n) is 1.23. The number of rotatable bonds is 1. The highest BCUT2D eigenvalue weighted by molar-refractivity contribution is 5.91. The van der Waals surface area contributed by atoms with E-state index >= 15 is 0 Å². The number of hydrogen-bond donors (Lipinski definition) is 2. The Balaban J connectivity index is 2.44. The number of ether oxygens (including phenoxy) is 1. The smallest absolute Gasteiger partial charge is 0.408 e. The molecule has 2 N–H and O–H groups in total. The molecule has 2 amide bonds. The zero-order chi connectivity index (χ0) is 11.8. The molecule has 86 valence electrons. The monoisotopic (exact) mass is 216 g/mol. The zero-order valence-electron chi connectivity index (χ0n) is 9.27. The number of nitrogens with zero attached hydrogens (tertiary/aromatic N) is 1. The Kier molecular flexibility index (Phi) is 2.90. The van der Waals surface area contributed by atoms with Crippen molar-refractivity contribution < 1.29 is 19.5 Å². The van der Waals surface area contributed by atoms with E-state index in [1.807, 2.05) is 0 Å². The number of β-lactam (4-membered cyclic amide) rings is 1. The van der Waals surface area contributed by atoms with Crippen LogP contribution in [0.5, 0.6) is 0 Å². The van der Waals surface area contributed by atoms with Gasteiger partial charge in [-0.3, -0.25) is 10.0 Å². The molecule has 0 radical (unpaired) electrons. The van der Waals surface area contributed by atoms with Gasteiger partial charge >= 0.3 is 6.09 Å². The summed E-state index contributed by atoms with van der Waals surface area (Å²) in [6.07, 6.45) is -0.652. The van der Waals surface area contributed by atoms with E-state index < -0.39 is 29.7 Å². The van der Waals surface area contributed by atoms with E-state index in [0.29, 0.717) is 5.06 Å². The van der Waals surface area contributed by atoms with Crippen LogP contribution in [-0.2, 0) is 9.53 Å². The molecule has 0 bridgehead atoms. The molecule has 1 saturated heterocycles. The summed E-state index contributed by atoms with van der Waals surface area (Å²) in [6, 6.07) is -1.10. The molecule has 1 rings (SSSR count). The lowest BCUT2D eigenvalue weighted by Gasteiger charge is -2.40. The topological polar surface area (TPSA) is 78.9 Å². The van der Waals surface area contributed by atoms with Crippen LogP contribution in [0.2, 0.25) is 0 Å². The number of carbonyl (C=O) groups excluding carboxylic acids is 2. The molecular formula is C9H16N2O4. The maximum atomic E-state index is 11.3. The Bertz CT molecular complexity index is 284. The van der Waals surface area contributed by atoms with Crippen LogP contribution in [0.4, 0.5) is 4.79 Å². The minimum atomic E-state index is -0.690. The molecule has 1 aliphatic heterocycles. The third kappa shape index (κ3) is 2.59. The van der Waals surface area contributed by atoms with E-state index in [-0.39, 0.29) is 0 Å². The summed E-state index contributed by atoms with van der Waals surface area (Å²) >= 11 is 0. The summed E-state index contributed by atoms with van der Waals surface area (Å²) in [7, 11) is 0. The number of nitrogens with one attached hydrogen (secondary N) is 1. The van der Waals surface area contributed by atoms with Crippen molar-refractivity contribution in [3.8, 4) is 0 Å². The van der Waals surface area contributed by atoms with Gasteiger partial charge in [0, 0.05) is 0 Å². The zero-order valence-corrected chi connectivity index (χ0v) is 9.27. The van der Waals surface area contributed by atoms with E-state index in [9.17, 15) is 9.59 Å². The van der Waals surface area contributed by atoms with Crippen LogP contribution in [0.3, 0.4) is 0 Å². The summed E-state index contributed by atoms with van der Waals surface area (Å²) in [4.78, 5) is 22.4. The molecule has 15 heavy (non-hydrogen) atoms. The second-order valence-corrected chi connectivity index (χ2v) is 4.55. The first-order valence-electron chi connectivity index (χ1n) is 4.74. The van der Waals surface area contributed by atoms with Gasteiger partial charge in [0.05, 0.1) is 6.04 Å². The minimum absolute atomic E-state index is 0.412. The van der Waals surface area contributed by atoms with E-state index in [1.165, 1.54) is 0 Å². The van der Waals surface area contributed by atoms with Crippen molar-refractivity contribution in [2.75, 3.05) is 0 Å². The lowest BCUT2D eigenvalue weighted by atomic mass is 10.0. The van der Waals surface area contributed by atoms with Gasteiger partial charge in [-0.25, -0.2) is 9.86 Å². The third-order valence-electron chi connectivity index (χ3n) is 2.03. The molecule has 0 aromatic carbocycles. The lowest BCUT2D eigenvalue weighted by molar-refractivity contribution is -0.206.